The Hall–Kier alpha value is -0.560. The summed E-state index contributed by atoms with van der Waals surface area (Å²) in [6.45, 7) is 17.0. The number of rotatable bonds is 19. The monoisotopic (exact) mass is 744 g/mol. The molecule has 14 heteroatoms. The number of nitrogens with one attached hydrogen (secondary N) is 2. The summed E-state index contributed by atoms with van der Waals surface area (Å²) in [5, 5.41) is 27.1. The molecular weight excluding hydrogens is 676 g/mol. The molecule has 0 saturated carbocycles. The van der Waals surface area contributed by atoms with Gasteiger partial charge in [-0.3, -0.25) is 0 Å². The average Bonchev–Trinajstić information content (AvgIpc) is 3.76. The standard InChI is InChI=1S/C38H68N2O12/c1-35(2)45-27-25(43-33-31(29(27)47-35)49-37(5,6)51-33)23(17-21-41)39-19-15-13-11-9-10-12-14-16-20-40-24(18-22-42)26-28-30(48-36(3,4)46-28)32-34(44-26)52-38(7,8)50-32/h23-34,39-42H,9-22H2,1-8H3/t23?,24?,25-,26-,27+,28+,29+,30+,31-,32-,33-,34-/m1/s1. The van der Waals surface area contributed by atoms with Crippen molar-refractivity contribution < 1.29 is 57.6 Å². The average molecular weight is 745 g/mol. The number of aliphatic hydroxyl groups is 2. The Kier molecular flexibility index (Phi) is 13.3. The molecule has 6 saturated heterocycles. The predicted octanol–water partition coefficient (Wildman–Crippen LogP) is 3.58. The van der Waals surface area contributed by atoms with E-state index < -0.39 is 35.7 Å². The first-order valence-electron chi connectivity index (χ1n) is 20.0. The van der Waals surface area contributed by atoms with Crippen molar-refractivity contribution in [3.63, 3.8) is 0 Å². The van der Waals surface area contributed by atoms with Crippen molar-refractivity contribution in [3.05, 3.63) is 0 Å². The molecule has 0 aromatic carbocycles. The molecule has 52 heavy (non-hydrogen) atoms. The molecule has 12 atom stereocenters. The minimum Gasteiger partial charge on any atom is -0.396 e. The summed E-state index contributed by atoms with van der Waals surface area (Å²) in [7, 11) is 0. The zero-order valence-corrected chi connectivity index (χ0v) is 32.8. The van der Waals surface area contributed by atoms with E-state index in [4.69, 9.17) is 47.4 Å². The van der Waals surface area contributed by atoms with Crippen LogP contribution in [0.5, 0.6) is 0 Å². The fourth-order valence-electron chi connectivity index (χ4n) is 8.86. The second-order valence-electron chi connectivity index (χ2n) is 17.2. The highest BCUT2D eigenvalue weighted by atomic mass is 16.9. The zero-order chi connectivity index (χ0) is 37.3. The molecule has 6 heterocycles. The largest absolute Gasteiger partial charge is 0.396 e. The lowest BCUT2D eigenvalue weighted by Gasteiger charge is -2.41. The number of hydrogen-bond acceptors (Lipinski definition) is 14. The van der Waals surface area contributed by atoms with Gasteiger partial charge in [-0.2, -0.15) is 0 Å². The Labute approximate surface area is 310 Å². The van der Waals surface area contributed by atoms with Crippen LogP contribution in [-0.4, -0.2) is 133 Å². The van der Waals surface area contributed by atoms with Gasteiger partial charge in [0.25, 0.3) is 0 Å². The van der Waals surface area contributed by atoms with E-state index >= 15 is 0 Å². The van der Waals surface area contributed by atoms with Gasteiger partial charge in [0.15, 0.2) is 35.7 Å². The molecule has 2 unspecified atom stereocenters. The van der Waals surface area contributed by atoms with E-state index in [2.05, 4.69) is 10.6 Å². The van der Waals surface area contributed by atoms with E-state index in [1.54, 1.807) is 0 Å². The molecule has 0 aromatic rings. The molecule has 6 aliphatic heterocycles. The summed E-state index contributed by atoms with van der Waals surface area (Å²) in [5.74, 6) is -3.02. The van der Waals surface area contributed by atoms with Gasteiger partial charge in [0.2, 0.25) is 0 Å². The maximum Gasteiger partial charge on any atom is 0.190 e. The highest BCUT2D eigenvalue weighted by molar-refractivity contribution is 5.04. The molecule has 6 fully saturated rings. The van der Waals surface area contributed by atoms with Crippen molar-refractivity contribution in [3.8, 4) is 0 Å². The highest BCUT2D eigenvalue weighted by Gasteiger charge is 2.63. The lowest BCUT2D eigenvalue weighted by Crippen LogP contribution is -2.61. The van der Waals surface area contributed by atoms with Gasteiger partial charge in [-0.25, -0.2) is 0 Å². The van der Waals surface area contributed by atoms with Gasteiger partial charge in [-0.1, -0.05) is 38.5 Å². The molecule has 0 aliphatic carbocycles. The lowest BCUT2D eigenvalue weighted by atomic mass is 9.92. The maximum atomic E-state index is 9.90. The minimum atomic E-state index is -0.762. The first-order valence-corrected chi connectivity index (χ1v) is 20.0. The van der Waals surface area contributed by atoms with E-state index in [1.807, 2.05) is 55.4 Å². The van der Waals surface area contributed by atoms with Crippen molar-refractivity contribution in [1.29, 1.82) is 0 Å². The Morgan fingerprint density at radius 1 is 0.423 bits per heavy atom. The quantitative estimate of drug-likeness (QED) is 0.142. The van der Waals surface area contributed by atoms with Gasteiger partial charge in [0, 0.05) is 25.3 Å². The summed E-state index contributed by atoms with van der Waals surface area (Å²) in [6.07, 6.45) is 6.57. The molecule has 6 rings (SSSR count). The van der Waals surface area contributed by atoms with Crippen LogP contribution in [0.1, 0.15) is 120 Å². The van der Waals surface area contributed by atoms with E-state index in [-0.39, 0.29) is 74.1 Å². The van der Waals surface area contributed by atoms with E-state index in [1.165, 1.54) is 25.7 Å². The molecule has 6 aliphatic rings. The Bertz CT molecular complexity index is 1060. The first kappa shape index (κ1) is 41.1. The summed E-state index contributed by atoms with van der Waals surface area (Å²) in [4.78, 5) is 0. The molecule has 14 nitrogen and oxygen atoms in total. The number of ether oxygens (including phenoxy) is 10. The lowest BCUT2D eigenvalue weighted by molar-refractivity contribution is -0.240. The summed E-state index contributed by atoms with van der Waals surface area (Å²) in [5.41, 5.74) is 0. The summed E-state index contributed by atoms with van der Waals surface area (Å²) >= 11 is 0. The molecule has 0 spiro atoms. The smallest absolute Gasteiger partial charge is 0.190 e. The van der Waals surface area contributed by atoms with Crippen LogP contribution in [0.2, 0.25) is 0 Å². The third-order valence-electron chi connectivity index (χ3n) is 11.0. The van der Waals surface area contributed by atoms with Gasteiger partial charge >= 0.3 is 0 Å². The van der Waals surface area contributed by atoms with Gasteiger partial charge in [-0.15, -0.1) is 0 Å². The van der Waals surface area contributed by atoms with Crippen molar-refractivity contribution in [1.82, 2.24) is 10.6 Å². The Balaban J connectivity index is 0.862. The van der Waals surface area contributed by atoms with Gasteiger partial charge < -0.3 is 68.2 Å². The van der Waals surface area contributed by atoms with E-state index in [0.717, 1.165) is 38.8 Å². The van der Waals surface area contributed by atoms with Crippen LogP contribution in [-0.2, 0) is 47.4 Å². The van der Waals surface area contributed by atoms with E-state index in [9.17, 15) is 10.2 Å². The van der Waals surface area contributed by atoms with Crippen LogP contribution in [0.25, 0.3) is 0 Å². The fourth-order valence-corrected chi connectivity index (χ4v) is 8.86. The predicted molar refractivity (Wildman–Crippen MR) is 189 cm³/mol. The highest BCUT2D eigenvalue weighted by Crippen LogP contribution is 2.46. The van der Waals surface area contributed by atoms with Crippen LogP contribution >= 0.6 is 0 Å². The van der Waals surface area contributed by atoms with Crippen LogP contribution in [0.3, 0.4) is 0 Å². The second kappa shape index (κ2) is 16.9. The molecule has 0 radical (unpaired) electrons. The Morgan fingerprint density at radius 3 is 1.10 bits per heavy atom. The number of hydrogen-bond donors (Lipinski definition) is 4. The SMILES string of the molecule is CC1(C)O[C@H]2[C@@H](O1)[C@@H](C(CCO)NCCCCCCCCCCNC(CCO)[C@H]1O[C@@H]3OC(C)(C)O[C@@H]3[C@H]3OC(C)(C)O[C@H]31)O[C@@H]1OC(C)(C)O[C@@H]12. The van der Waals surface area contributed by atoms with Gasteiger partial charge in [-0.05, 0) is 94.2 Å². The zero-order valence-electron chi connectivity index (χ0n) is 32.8. The molecule has 4 N–H and O–H groups in total. The third-order valence-corrected chi connectivity index (χ3v) is 11.0. The number of unbranched alkanes of at least 4 members (excludes halogenated alkanes) is 7. The van der Waals surface area contributed by atoms with Crippen LogP contribution in [0, 0.1) is 0 Å². The van der Waals surface area contributed by atoms with Gasteiger partial charge in [0.05, 0.1) is 0 Å². The summed E-state index contributed by atoms with van der Waals surface area (Å²) in [6, 6.07) is -0.195. The van der Waals surface area contributed by atoms with Crippen LogP contribution in [0.15, 0.2) is 0 Å². The first-order chi connectivity index (χ1) is 24.6. The van der Waals surface area contributed by atoms with E-state index in [0.29, 0.717) is 12.8 Å². The molecular formula is C38H68N2O12. The minimum absolute atomic E-state index is 0.0501. The molecule has 0 amide bonds. The van der Waals surface area contributed by atoms with Crippen molar-refractivity contribution in [2.75, 3.05) is 26.3 Å². The topological polar surface area (TPSA) is 157 Å². The fraction of sp³-hybridized carbons (Fsp3) is 1.00. The maximum absolute atomic E-state index is 9.90. The van der Waals surface area contributed by atoms with Crippen LogP contribution in [0.4, 0.5) is 0 Å². The number of fused-ring (bicyclic) bond motifs is 6. The molecule has 0 aromatic heterocycles. The normalized spacial score (nSPS) is 39.1. The Morgan fingerprint density at radius 2 is 0.731 bits per heavy atom. The van der Waals surface area contributed by atoms with Crippen LogP contribution < -0.4 is 10.6 Å². The van der Waals surface area contributed by atoms with Crippen molar-refractivity contribution in [2.45, 2.75) is 216 Å². The molecule has 0 bridgehead atoms. The van der Waals surface area contributed by atoms with Crippen molar-refractivity contribution >= 4 is 0 Å². The summed E-state index contributed by atoms with van der Waals surface area (Å²) < 4.78 is 62.6. The second-order valence-corrected chi connectivity index (χ2v) is 17.2. The number of aliphatic hydroxyl groups excluding tert-OH is 2. The van der Waals surface area contributed by atoms with Crippen molar-refractivity contribution in [2.24, 2.45) is 0 Å². The van der Waals surface area contributed by atoms with Gasteiger partial charge in [0.1, 0.15) is 48.8 Å². The molecule has 302 valence electrons. The third kappa shape index (κ3) is 9.87.